The van der Waals surface area contributed by atoms with Crippen LogP contribution >= 0.6 is 0 Å². The number of benzene rings is 2. The molecule has 0 saturated carbocycles. The summed E-state index contributed by atoms with van der Waals surface area (Å²) < 4.78 is 7.27. The molecule has 0 bridgehead atoms. The van der Waals surface area contributed by atoms with Crippen molar-refractivity contribution >= 4 is 23.7 Å². The summed E-state index contributed by atoms with van der Waals surface area (Å²) >= 11 is 0. The lowest BCUT2D eigenvalue weighted by molar-refractivity contribution is -0.384. The smallest absolute Gasteiger partial charge is 0.329 e. The van der Waals surface area contributed by atoms with Gasteiger partial charge < -0.3 is 14.6 Å². The summed E-state index contributed by atoms with van der Waals surface area (Å²) in [5.74, 6) is -0.0499. The second-order valence-corrected chi connectivity index (χ2v) is 7.64. The van der Waals surface area contributed by atoms with Gasteiger partial charge in [0.15, 0.2) is 0 Å². The monoisotopic (exact) mass is 446 g/mol. The summed E-state index contributed by atoms with van der Waals surface area (Å²) in [4.78, 5) is 37.1. The van der Waals surface area contributed by atoms with Crippen LogP contribution in [0.15, 0.2) is 60.3 Å². The number of urea groups is 1. The Labute approximate surface area is 190 Å². The minimum Gasteiger partial charge on any atom is -0.494 e. The van der Waals surface area contributed by atoms with Gasteiger partial charge in [-0.05, 0) is 43.2 Å². The Morgan fingerprint density at radius 1 is 1.09 bits per heavy atom. The average Bonchev–Trinajstić information content (AvgIpc) is 3.23. The SMILES string of the molecule is COc1cc([N+](=O)[O-])ccc1-n1c(C)cc(/C=C2/NC(=O)N(Cc3ccccc3)C2=O)c1C. The van der Waals surface area contributed by atoms with Gasteiger partial charge in [0, 0.05) is 17.5 Å². The van der Waals surface area contributed by atoms with E-state index in [1.807, 2.05) is 54.8 Å². The van der Waals surface area contributed by atoms with Crippen LogP contribution in [-0.4, -0.2) is 33.4 Å². The van der Waals surface area contributed by atoms with Crippen molar-refractivity contribution in [1.82, 2.24) is 14.8 Å². The minimum atomic E-state index is -0.479. The van der Waals surface area contributed by atoms with Crippen molar-refractivity contribution in [1.29, 1.82) is 0 Å². The number of nitrogens with one attached hydrogen (secondary N) is 1. The lowest BCUT2D eigenvalue weighted by Crippen LogP contribution is -2.30. The van der Waals surface area contributed by atoms with Gasteiger partial charge in [-0.1, -0.05) is 30.3 Å². The Morgan fingerprint density at radius 3 is 2.48 bits per heavy atom. The number of aryl methyl sites for hydroxylation is 1. The number of nitro benzene ring substituents is 1. The number of nitrogens with zero attached hydrogens (tertiary/aromatic N) is 3. The van der Waals surface area contributed by atoms with E-state index in [2.05, 4.69) is 5.32 Å². The zero-order chi connectivity index (χ0) is 23.7. The fourth-order valence-corrected chi connectivity index (χ4v) is 3.91. The van der Waals surface area contributed by atoms with Gasteiger partial charge in [0.05, 0.1) is 30.3 Å². The zero-order valence-electron chi connectivity index (χ0n) is 18.4. The maximum Gasteiger partial charge on any atom is 0.329 e. The zero-order valence-corrected chi connectivity index (χ0v) is 18.4. The molecule has 1 aliphatic rings. The number of methoxy groups -OCH3 is 1. The molecule has 0 radical (unpaired) electrons. The molecule has 168 valence electrons. The highest BCUT2D eigenvalue weighted by molar-refractivity contribution is 6.14. The molecular weight excluding hydrogens is 424 g/mol. The van der Waals surface area contributed by atoms with E-state index in [-0.39, 0.29) is 17.9 Å². The molecule has 1 aliphatic heterocycles. The van der Waals surface area contributed by atoms with Crippen LogP contribution in [0, 0.1) is 24.0 Å². The van der Waals surface area contributed by atoms with E-state index in [0.717, 1.165) is 22.5 Å². The number of imide groups is 1. The topological polar surface area (TPSA) is 107 Å². The van der Waals surface area contributed by atoms with Crippen molar-refractivity contribution < 1.29 is 19.2 Å². The van der Waals surface area contributed by atoms with E-state index >= 15 is 0 Å². The highest BCUT2D eigenvalue weighted by Crippen LogP contribution is 2.32. The maximum atomic E-state index is 12.9. The highest BCUT2D eigenvalue weighted by Gasteiger charge is 2.33. The number of amides is 3. The van der Waals surface area contributed by atoms with E-state index in [1.165, 1.54) is 24.1 Å². The fraction of sp³-hybridized carbons (Fsp3) is 0.167. The van der Waals surface area contributed by atoms with Crippen molar-refractivity contribution in [2.45, 2.75) is 20.4 Å². The summed E-state index contributed by atoms with van der Waals surface area (Å²) in [6, 6.07) is 15.1. The third-order valence-corrected chi connectivity index (χ3v) is 5.53. The van der Waals surface area contributed by atoms with Crippen molar-refractivity contribution in [3.63, 3.8) is 0 Å². The summed E-state index contributed by atoms with van der Waals surface area (Å²) in [6.45, 7) is 3.93. The fourth-order valence-electron chi connectivity index (χ4n) is 3.91. The Bertz CT molecular complexity index is 1290. The Balaban J connectivity index is 1.67. The molecule has 9 heteroatoms. The van der Waals surface area contributed by atoms with Gasteiger partial charge in [-0.2, -0.15) is 0 Å². The molecule has 0 unspecified atom stereocenters. The second-order valence-electron chi connectivity index (χ2n) is 7.64. The minimum absolute atomic E-state index is 0.0711. The molecule has 3 aromatic rings. The molecule has 1 saturated heterocycles. The molecule has 4 rings (SSSR count). The van der Waals surface area contributed by atoms with E-state index in [9.17, 15) is 19.7 Å². The van der Waals surface area contributed by atoms with E-state index in [0.29, 0.717) is 11.4 Å². The molecule has 2 heterocycles. The van der Waals surface area contributed by atoms with E-state index in [1.54, 1.807) is 12.1 Å². The molecule has 3 amide bonds. The number of rotatable bonds is 6. The first-order valence-electron chi connectivity index (χ1n) is 10.2. The van der Waals surface area contributed by atoms with Gasteiger partial charge in [-0.15, -0.1) is 0 Å². The molecule has 9 nitrogen and oxygen atoms in total. The first-order valence-corrected chi connectivity index (χ1v) is 10.2. The lowest BCUT2D eigenvalue weighted by atomic mass is 10.2. The summed E-state index contributed by atoms with van der Waals surface area (Å²) in [6.07, 6.45) is 1.64. The summed E-state index contributed by atoms with van der Waals surface area (Å²) in [5, 5.41) is 13.8. The highest BCUT2D eigenvalue weighted by atomic mass is 16.6. The normalized spacial score (nSPS) is 14.6. The molecular formula is C24H22N4O5. The molecule has 0 spiro atoms. The van der Waals surface area contributed by atoms with Crippen molar-refractivity contribution in [2.75, 3.05) is 7.11 Å². The standard InChI is InChI=1S/C24H22N4O5/c1-15-11-18(16(2)27(15)21-10-9-19(28(31)32)13-22(21)33-3)12-20-23(29)26(24(30)25-20)14-17-7-5-4-6-8-17/h4-13H,14H2,1-3H3,(H,25,30)/b20-12+. The van der Waals surface area contributed by atoms with Gasteiger partial charge in [0.2, 0.25) is 0 Å². The molecule has 2 aromatic carbocycles. The van der Waals surface area contributed by atoms with Gasteiger partial charge >= 0.3 is 6.03 Å². The number of carbonyl (C=O) groups is 2. The van der Waals surface area contributed by atoms with Crippen LogP contribution in [0.3, 0.4) is 0 Å². The van der Waals surface area contributed by atoms with E-state index in [4.69, 9.17) is 4.74 Å². The Hall–Kier alpha value is -4.40. The second kappa shape index (κ2) is 8.62. The first kappa shape index (κ1) is 21.8. The number of hydrogen-bond donors (Lipinski definition) is 1. The number of hydrogen-bond acceptors (Lipinski definition) is 5. The molecule has 1 N–H and O–H groups in total. The Morgan fingerprint density at radius 2 is 1.82 bits per heavy atom. The first-order chi connectivity index (χ1) is 15.8. The Kier molecular flexibility index (Phi) is 5.70. The van der Waals surface area contributed by atoms with Crippen LogP contribution in [0.25, 0.3) is 11.8 Å². The molecule has 0 atom stereocenters. The lowest BCUT2D eigenvalue weighted by Gasteiger charge is -2.14. The van der Waals surface area contributed by atoms with Gasteiger partial charge in [-0.3, -0.25) is 19.8 Å². The predicted octanol–water partition coefficient (Wildman–Crippen LogP) is 4.10. The third kappa shape index (κ3) is 4.08. The van der Waals surface area contributed by atoms with Crippen LogP contribution in [0.2, 0.25) is 0 Å². The van der Waals surface area contributed by atoms with Gasteiger partial charge in [0.1, 0.15) is 11.4 Å². The van der Waals surface area contributed by atoms with Crippen LogP contribution < -0.4 is 10.1 Å². The number of ether oxygens (including phenoxy) is 1. The van der Waals surface area contributed by atoms with Crippen molar-refractivity contribution in [3.05, 3.63) is 92.9 Å². The number of nitro groups is 1. The van der Waals surface area contributed by atoms with Crippen LogP contribution in [0.5, 0.6) is 5.75 Å². The number of non-ortho nitro benzene ring substituents is 1. The molecule has 1 aromatic heterocycles. The molecule has 0 aliphatic carbocycles. The van der Waals surface area contributed by atoms with E-state index < -0.39 is 16.9 Å². The van der Waals surface area contributed by atoms with Gasteiger partial charge in [-0.25, -0.2) is 4.79 Å². The number of carbonyl (C=O) groups excluding carboxylic acids is 2. The van der Waals surface area contributed by atoms with Crippen LogP contribution in [0.4, 0.5) is 10.5 Å². The molecule has 33 heavy (non-hydrogen) atoms. The summed E-state index contributed by atoms with van der Waals surface area (Å²) in [7, 11) is 1.45. The average molecular weight is 446 g/mol. The number of aromatic nitrogens is 1. The van der Waals surface area contributed by atoms with Crippen molar-refractivity contribution in [3.8, 4) is 11.4 Å². The predicted molar refractivity (Wildman–Crippen MR) is 122 cm³/mol. The van der Waals surface area contributed by atoms with Crippen molar-refractivity contribution in [2.24, 2.45) is 0 Å². The van der Waals surface area contributed by atoms with Gasteiger partial charge in [0.25, 0.3) is 11.6 Å². The third-order valence-electron chi connectivity index (χ3n) is 5.53. The quantitative estimate of drug-likeness (QED) is 0.265. The van der Waals surface area contributed by atoms with Crippen LogP contribution in [0.1, 0.15) is 22.5 Å². The van der Waals surface area contributed by atoms with Crippen LogP contribution in [-0.2, 0) is 11.3 Å². The largest absolute Gasteiger partial charge is 0.494 e. The summed E-state index contributed by atoms with van der Waals surface area (Å²) in [5.41, 5.74) is 3.96. The maximum absolute atomic E-state index is 12.9. The molecule has 1 fully saturated rings.